The van der Waals surface area contributed by atoms with Crippen molar-refractivity contribution in [1.29, 1.82) is 0 Å². The van der Waals surface area contributed by atoms with Gasteiger partial charge in [0, 0.05) is 5.39 Å². The topological polar surface area (TPSA) is 43.6 Å². The Balaban J connectivity index is 1.97. The summed E-state index contributed by atoms with van der Waals surface area (Å²) in [6.07, 6.45) is -0.211. The van der Waals surface area contributed by atoms with Crippen molar-refractivity contribution in [2.45, 2.75) is 19.6 Å². The highest BCUT2D eigenvalue weighted by atomic mass is 16.5. The predicted octanol–water partition coefficient (Wildman–Crippen LogP) is 3.38. The second kappa shape index (κ2) is 5.32. The molecule has 1 unspecified atom stereocenters. The molecule has 1 N–H and O–H groups in total. The van der Waals surface area contributed by atoms with Gasteiger partial charge in [0.05, 0.1) is 31.5 Å². The predicted molar refractivity (Wildman–Crippen MR) is 90.2 cm³/mol. The summed E-state index contributed by atoms with van der Waals surface area (Å²) < 4.78 is 13.4. The third-order valence-corrected chi connectivity index (χ3v) is 4.54. The molecule has 0 fully saturated rings. The zero-order valence-corrected chi connectivity index (χ0v) is 13.2. The van der Waals surface area contributed by atoms with Crippen LogP contribution in [0.25, 0.3) is 22.2 Å². The molecule has 4 heteroatoms. The third kappa shape index (κ3) is 2.10. The van der Waals surface area contributed by atoms with E-state index in [0.717, 1.165) is 22.6 Å². The number of hydrogen-bond acceptors (Lipinski definition) is 3. The molecule has 0 aliphatic carbocycles. The van der Waals surface area contributed by atoms with E-state index in [9.17, 15) is 5.11 Å². The summed E-state index contributed by atoms with van der Waals surface area (Å²) in [5.74, 6) is 1.69. The lowest BCUT2D eigenvalue weighted by Crippen LogP contribution is -2.30. The largest absolute Gasteiger partial charge is 0.497 e. The molecule has 1 aromatic heterocycles. The first-order chi connectivity index (χ1) is 11.2. The molecule has 23 heavy (non-hydrogen) atoms. The average Bonchev–Trinajstić information content (AvgIpc) is 2.89. The molecule has 1 aliphatic heterocycles. The van der Waals surface area contributed by atoms with Crippen LogP contribution in [0, 0.1) is 6.92 Å². The summed E-state index contributed by atoms with van der Waals surface area (Å²) in [4.78, 5) is 0. The first-order valence-corrected chi connectivity index (χ1v) is 7.76. The lowest BCUT2D eigenvalue weighted by molar-refractivity contribution is 0.0960. The van der Waals surface area contributed by atoms with Gasteiger partial charge in [0.2, 0.25) is 0 Å². The van der Waals surface area contributed by atoms with E-state index in [2.05, 4.69) is 29.7 Å². The van der Waals surface area contributed by atoms with Crippen LogP contribution in [0.2, 0.25) is 0 Å². The van der Waals surface area contributed by atoms with Crippen molar-refractivity contribution in [2.75, 3.05) is 13.7 Å². The second-order valence-corrected chi connectivity index (χ2v) is 5.89. The lowest BCUT2D eigenvalue weighted by atomic mass is 10.1. The number of hydrogen-bond donors (Lipinski definition) is 1. The van der Waals surface area contributed by atoms with Gasteiger partial charge in [0.15, 0.2) is 0 Å². The SMILES string of the molecule is COc1ccc(-c2c(C)c3cccc4c3n2CC(CO)O4)cc1. The summed E-state index contributed by atoms with van der Waals surface area (Å²) in [6, 6.07) is 14.2. The van der Waals surface area contributed by atoms with Crippen LogP contribution in [0.15, 0.2) is 42.5 Å². The summed E-state index contributed by atoms with van der Waals surface area (Å²) >= 11 is 0. The van der Waals surface area contributed by atoms with Crippen molar-refractivity contribution in [3.8, 4) is 22.8 Å². The number of benzene rings is 2. The van der Waals surface area contributed by atoms with E-state index in [1.165, 1.54) is 16.6 Å². The minimum absolute atomic E-state index is 0.00904. The van der Waals surface area contributed by atoms with E-state index in [1.54, 1.807) is 7.11 Å². The quantitative estimate of drug-likeness (QED) is 0.806. The minimum Gasteiger partial charge on any atom is -0.497 e. The van der Waals surface area contributed by atoms with Gasteiger partial charge in [-0.25, -0.2) is 0 Å². The fourth-order valence-corrected chi connectivity index (χ4v) is 3.46. The maximum atomic E-state index is 9.55. The average molecular weight is 309 g/mol. The van der Waals surface area contributed by atoms with Crippen LogP contribution in [0.4, 0.5) is 0 Å². The number of aliphatic hydroxyl groups excluding tert-OH is 1. The monoisotopic (exact) mass is 309 g/mol. The van der Waals surface area contributed by atoms with Crippen LogP contribution in [-0.2, 0) is 6.54 Å². The molecule has 2 heterocycles. The number of ether oxygens (including phenoxy) is 2. The number of aryl methyl sites for hydroxylation is 1. The molecule has 0 saturated heterocycles. The molecule has 4 nitrogen and oxygen atoms in total. The van der Waals surface area contributed by atoms with E-state index < -0.39 is 0 Å². The number of aromatic nitrogens is 1. The number of para-hydroxylation sites is 1. The van der Waals surface area contributed by atoms with Crippen LogP contribution >= 0.6 is 0 Å². The van der Waals surface area contributed by atoms with Gasteiger partial charge in [0.25, 0.3) is 0 Å². The van der Waals surface area contributed by atoms with Crippen molar-refractivity contribution in [3.05, 3.63) is 48.0 Å². The van der Waals surface area contributed by atoms with Crippen molar-refractivity contribution >= 4 is 10.9 Å². The number of rotatable bonds is 3. The van der Waals surface area contributed by atoms with Crippen molar-refractivity contribution in [1.82, 2.24) is 4.57 Å². The van der Waals surface area contributed by atoms with Crippen molar-refractivity contribution < 1.29 is 14.6 Å². The highest BCUT2D eigenvalue weighted by Crippen LogP contribution is 2.40. The van der Waals surface area contributed by atoms with Gasteiger partial charge < -0.3 is 19.1 Å². The molecule has 118 valence electrons. The normalized spacial score (nSPS) is 16.4. The molecule has 0 radical (unpaired) electrons. The maximum absolute atomic E-state index is 9.55. The molecule has 3 aromatic rings. The van der Waals surface area contributed by atoms with Crippen molar-refractivity contribution in [3.63, 3.8) is 0 Å². The maximum Gasteiger partial charge on any atom is 0.144 e. The van der Waals surface area contributed by atoms with Gasteiger partial charge in [-0.05, 0) is 48.4 Å². The Bertz CT molecular complexity index is 864. The van der Waals surface area contributed by atoms with Crippen LogP contribution < -0.4 is 9.47 Å². The molecule has 2 aromatic carbocycles. The Labute approximate surface area is 134 Å². The highest BCUT2D eigenvalue weighted by Gasteiger charge is 2.26. The van der Waals surface area contributed by atoms with Crippen molar-refractivity contribution in [2.24, 2.45) is 0 Å². The molecule has 1 aliphatic rings. The molecule has 1 atom stereocenters. The Morgan fingerprint density at radius 3 is 2.70 bits per heavy atom. The zero-order valence-electron chi connectivity index (χ0n) is 13.2. The Morgan fingerprint density at radius 2 is 2.00 bits per heavy atom. The smallest absolute Gasteiger partial charge is 0.144 e. The summed E-state index contributed by atoms with van der Waals surface area (Å²) in [5.41, 5.74) is 4.66. The Morgan fingerprint density at radius 1 is 1.22 bits per heavy atom. The second-order valence-electron chi connectivity index (χ2n) is 5.89. The molecule has 0 saturated carbocycles. The third-order valence-electron chi connectivity index (χ3n) is 4.54. The molecular formula is C19H19NO3. The minimum atomic E-state index is -0.211. The standard InChI is InChI=1S/C19H19NO3/c1-12-16-4-3-5-17-19(16)20(10-15(11-21)23-17)18(12)13-6-8-14(22-2)9-7-13/h3-9,15,21H,10-11H2,1-2H3. The summed E-state index contributed by atoms with van der Waals surface area (Å²) in [6.45, 7) is 2.80. The van der Waals surface area contributed by atoms with E-state index in [4.69, 9.17) is 9.47 Å². The highest BCUT2D eigenvalue weighted by molar-refractivity contribution is 5.95. The summed E-state index contributed by atoms with van der Waals surface area (Å²) in [7, 11) is 1.67. The first-order valence-electron chi connectivity index (χ1n) is 7.76. The van der Waals surface area contributed by atoms with Gasteiger partial charge in [-0.3, -0.25) is 0 Å². The van der Waals surface area contributed by atoms with Gasteiger partial charge in [-0.1, -0.05) is 12.1 Å². The van der Waals surface area contributed by atoms with Crippen LogP contribution in [0.1, 0.15) is 5.56 Å². The fourth-order valence-electron chi connectivity index (χ4n) is 3.46. The van der Waals surface area contributed by atoms with E-state index in [1.807, 2.05) is 24.3 Å². The fraction of sp³-hybridized carbons (Fsp3) is 0.263. The van der Waals surface area contributed by atoms with E-state index >= 15 is 0 Å². The Hall–Kier alpha value is -2.46. The van der Waals surface area contributed by atoms with Gasteiger partial charge in [0.1, 0.15) is 17.6 Å². The van der Waals surface area contributed by atoms with Gasteiger partial charge in [-0.15, -0.1) is 0 Å². The number of methoxy groups -OCH3 is 1. The Kier molecular flexibility index (Phi) is 3.27. The first kappa shape index (κ1) is 14.2. The number of aliphatic hydroxyl groups is 1. The zero-order chi connectivity index (χ0) is 16.0. The van der Waals surface area contributed by atoms with Gasteiger partial charge in [-0.2, -0.15) is 0 Å². The van der Waals surface area contributed by atoms with Crippen LogP contribution in [-0.4, -0.2) is 29.5 Å². The van der Waals surface area contributed by atoms with E-state index in [0.29, 0.717) is 6.54 Å². The molecular weight excluding hydrogens is 290 g/mol. The summed E-state index contributed by atoms with van der Waals surface area (Å²) in [5, 5.41) is 10.8. The molecule has 0 amide bonds. The van der Waals surface area contributed by atoms with Crippen LogP contribution in [0.3, 0.4) is 0 Å². The number of nitrogens with zero attached hydrogens (tertiary/aromatic N) is 1. The molecule has 0 spiro atoms. The lowest BCUT2D eigenvalue weighted by Gasteiger charge is -2.26. The molecule has 0 bridgehead atoms. The van der Waals surface area contributed by atoms with Gasteiger partial charge >= 0.3 is 0 Å². The van der Waals surface area contributed by atoms with Crippen LogP contribution in [0.5, 0.6) is 11.5 Å². The molecule has 4 rings (SSSR count). The van der Waals surface area contributed by atoms with E-state index in [-0.39, 0.29) is 12.7 Å².